The average Bonchev–Trinajstić information content (AvgIpc) is 3.06. The van der Waals surface area contributed by atoms with Crippen LogP contribution in [-0.2, 0) is 4.79 Å². The molecule has 2 amide bonds. The molecule has 0 unspecified atom stereocenters. The van der Waals surface area contributed by atoms with E-state index in [1.54, 1.807) is 24.3 Å². The average molecular weight is 314 g/mol. The summed E-state index contributed by atoms with van der Waals surface area (Å²) in [5.74, 6) is -0.366. The summed E-state index contributed by atoms with van der Waals surface area (Å²) in [6.07, 6.45) is 4.87. The fourth-order valence-corrected chi connectivity index (χ4v) is 3.00. The predicted octanol–water partition coefficient (Wildman–Crippen LogP) is 1.26. The van der Waals surface area contributed by atoms with Gasteiger partial charge in [0, 0.05) is 11.8 Å². The van der Waals surface area contributed by atoms with Crippen LogP contribution in [0.1, 0.15) is 42.6 Å². The van der Waals surface area contributed by atoms with Crippen LogP contribution in [0.4, 0.5) is 0 Å². The first-order valence-electron chi connectivity index (χ1n) is 7.72. The third-order valence-electron chi connectivity index (χ3n) is 4.18. The number of H-pyrrole nitrogens is 1. The molecule has 1 fully saturated rings. The standard InChI is InChI=1S/C16H18N4O3/c21-13(9-10-5-1-2-6-10)17-20-16(23)14-11-7-3-4-8-12(11)15(22)19-18-14/h3-4,7-8,10H,1-2,5-6,9H2,(H,17,21)(H,19,22)(H,20,23). The van der Waals surface area contributed by atoms with E-state index < -0.39 is 5.91 Å². The minimum absolute atomic E-state index is 0.0707. The first-order valence-corrected chi connectivity index (χ1v) is 7.72. The van der Waals surface area contributed by atoms with Crippen molar-refractivity contribution in [2.45, 2.75) is 32.1 Å². The van der Waals surface area contributed by atoms with Gasteiger partial charge in [-0.25, -0.2) is 5.10 Å². The number of aromatic nitrogens is 2. The lowest BCUT2D eigenvalue weighted by Crippen LogP contribution is -2.42. The molecule has 0 bridgehead atoms. The summed E-state index contributed by atoms with van der Waals surface area (Å²) >= 11 is 0. The van der Waals surface area contributed by atoms with Crippen LogP contribution in [0.15, 0.2) is 29.1 Å². The summed E-state index contributed by atoms with van der Waals surface area (Å²) in [5.41, 5.74) is 4.49. The van der Waals surface area contributed by atoms with Crippen molar-refractivity contribution in [3.05, 3.63) is 40.3 Å². The van der Waals surface area contributed by atoms with Crippen LogP contribution in [0.25, 0.3) is 10.8 Å². The Bertz CT molecular complexity index is 793. The Kier molecular flexibility index (Phi) is 4.36. The van der Waals surface area contributed by atoms with E-state index in [1.807, 2.05) is 0 Å². The predicted molar refractivity (Wildman–Crippen MR) is 84.5 cm³/mol. The van der Waals surface area contributed by atoms with Gasteiger partial charge in [0.05, 0.1) is 5.39 Å². The second-order valence-corrected chi connectivity index (χ2v) is 5.80. The molecular formula is C16H18N4O3. The summed E-state index contributed by atoms with van der Waals surface area (Å²) in [7, 11) is 0. The van der Waals surface area contributed by atoms with Crippen molar-refractivity contribution in [2.24, 2.45) is 5.92 Å². The zero-order valence-corrected chi connectivity index (χ0v) is 12.6. The summed E-state index contributed by atoms with van der Waals surface area (Å²) in [6, 6.07) is 6.69. The van der Waals surface area contributed by atoms with Gasteiger partial charge in [0.1, 0.15) is 0 Å². The van der Waals surface area contributed by atoms with Gasteiger partial charge < -0.3 is 0 Å². The van der Waals surface area contributed by atoms with E-state index in [9.17, 15) is 14.4 Å². The lowest BCUT2D eigenvalue weighted by molar-refractivity contribution is -0.122. The molecule has 0 saturated heterocycles. The van der Waals surface area contributed by atoms with E-state index in [1.165, 1.54) is 0 Å². The van der Waals surface area contributed by atoms with Crippen molar-refractivity contribution in [3.8, 4) is 0 Å². The number of nitrogens with zero attached hydrogens (tertiary/aromatic N) is 1. The SMILES string of the molecule is O=C(CC1CCCC1)NNC(=O)c1n[nH]c(=O)c2ccccc12. The Hall–Kier alpha value is -2.70. The summed E-state index contributed by atoms with van der Waals surface area (Å²) < 4.78 is 0. The molecule has 2 aromatic rings. The normalized spacial score (nSPS) is 14.8. The van der Waals surface area contributed by atoms with Crippen molar-refractivity contribution in [1.29, 1.82) is 0 Å². The zero-order chi connectivity index (χ0) is 16.2. The second kappa shape index (κ2) is 6.60. The van der Waals surface area contributed by atoms with E-state index in [2.05, 4.69) is 21.0 Å². The van der Waals surface area contributed by atoms with Gasteiger partial charge in [-0.15, -0.1) is 0 Å². The van der Waals surface area contributed by atoms with Crippen LogP contribution in [0, 0.1) is 5.92 Å². The Balaban J connectivity index is 1.68. The molecule has 0 aliphatic heterocycles. The molecule has 3 N–H and O–H groups in total. The number of hydrazine groups is 1. The van der Waals surface area contributed by atoms with Gasteiger partial charge in [0.2, 0.25) is 5.91 Å². The van der Waals surface area contributed by atoms with Crippen LogP contribution in [0.3, 0.4) is 0 Å². The maximum atomic E-state index is 12.2. The maximum Gasteiger partial charge on any atom is 0.290 e. The third-order valence-corrected chi connectivity index (χ3v) is 4.18. The first kappa shape index (κ1) is 15.2. The number of benzene rings is 1. The monoisotopic (exact) mass is 314 g/mol. The number of aromatic amines is 1. The van der Waals surface area contributed by atoms with E-state index in [4.69, 9.17) is 0 Å². The molecule has 1 aliphatic carbocycles. The highest BCUT2D eigenvalue weighted by Gasteiger charge is 2.19. The maximum absolute atomic E-state index is 12.2. The molecule has 7 nitrogen and oxygen atoms in total. The lowest BCUT2D eigenvalue weighted by atomic mass is 10.0. The Morgan fingerprint density at radius 1 is 1.13 bits per heavy atom. The van der Waals surface area contributed by atoms with Gasteiger partial charge in [-0.3, -0.25) is 25.2 Å². The minimum Gasteiger partial charge on any atom is -0.273 e. The van der Waals surface area contributed by atoms with Crippen molar-refractivity contribution < 1.29 is 9.59 Å². The quantitative estimate of drug-likeness (QED) is 0.742. The number of hydrogen-bond acceptors (Lipinski definition) is 4. The largest absolute Gasteiger partial charge is 0.290 e. The topological polar surface area (TPSA) is 104 Å². The van der Waals surface area contributed by atoms with E-state index in [0.717, 1.165) is 25.7 Å². The highest BCUT2D eigenvalue weighted by molar-refractivity contribution is 6.05. The van der Waals surface area contributed by atoms with Crippen molar-refractivity contribution in [2.75, 3.05) is 0 Å². The molecule has 23 heavy (non-hydrogen) atoms. The highest BCUT2D eigenvalue weighted by Crippen LogP contribution is 2.27. The zero-order valence-electron chi connectivity index (χ0n) is 12.6. The van der Waals surface area contributed by atoms with Gasteiger partial charge in [-0.1, -0.05) is 31.0 Å². The fraction of sp³-hybridized carbons (Fsp3) is 0.375. The number of rotatable bonds is 3. The molecular weight excluding hydrogens is 296 g/mol. The Labute approximate surface area is 132 Å². The fourth-order valence-electron chi connectivity index (χ4n) is 3.00. The van der Waals surface area contributed by atoms with Gasteiger partial charge in [0.25, 0.3) is 11.5 Å². The van der Waals surface area contributed by atoms with E-state index in [0.29, 0.717) is 23.1 Å². The Morgan fingerprint density at radius 2 is 1.83 bits per heavy atom. The molecule has 0 radical (unpaired) electrons. The van der Waals surface area contributed by atoms with E-state index in [-0.39, 0.29) is 17.2 Å². The number of fused-ring (bicyclic) bond motifs is 1. The van der Waals surface area contributed by atoms with Crippen LogP contribution in [-0.4, -0.2) is 22.0 Å². The molecule has 1 aromatic heterocycles. The number of carbonyl (C=O) groups excluding carboxylic acids is 2. The van der Waals surface area contributed by atoms with Gasteiger partial charge >= 0.3 is 0 Å². The van der Waals surface area contributed by atoms with Crippen molar-refractivity contribution in [3.63, 3.8) is 0 Å². The van der Waals surface area contributed by atoms with Gasteiger partial charge in [0.15, 0.2) is 5.69 Å². The van der Waals surface area contributed by atoms with Gasteiger partial charge in [-0.2, -0.15) is 5.10 Å². The summed E-state index contributed by atoms with van der Waals surface area (Å²) in [6.45, 7) is 0. The van der Waals surface area contributed by atoms with Crippen molar-refractivity contribution >= 4 is 22.6 Å². The number of hydrogen-bond donors (Lipinski definition) is 3. The van der Waals surface area contributed by atoms with E-state index >= 15 is 0 Å². The molecule has 1 heterocycles. The molecule has 1 aromatic carbocycles. The molecule has 1 saturated carbocycles. The number of amides is 2. The lowest BCUT2D eigenvalue weighted by Gasteiger charge is -2.11. The summed E-state index contributed by atoms with van der Waals surface area (Å²) in [5, 5.41) is 6.90. The van der Waals surface area contributed by atoms with Crippen LogP contribution in [0.2, 0.25) is 0 Å². The molecule has 0 spiro atoms. The Morgan fingerprint density at radius 3 is 2.57 bits per heavy atom. The first-order chi connectivity index (χ1) is 11.1. The third kappa shape index (κ3) is 3.39. The minimum atomic E-state index is -0.558. The van der Waals surface area contributed by atoms with Crippen LogP contribution >= 0.6 is 0 Å². The number of nitrogens with one attached hydrogen (secondary N) is 3. The second-order valence-electron chi connectivity index (χ2n) is 5.80. The molecule has 7 heteroatoms. The molecule has 0 atom stereocenters. The van der Waals surface area contributed by atoms with Crippen LogP contribution < -0.4 is 16.4 Å². The highest BCUT2D eigenvalue weighted by atomic mass is 16.2. The van der Waals surface area contributed by atoms with Crippen molar-refractivity contribution in [1.82, 2.24) is 21.0 Å². The molecule has 1 aliphatic rings. The smallest absolute Gasteiger partial charge is 0.273 e. The molecule has 120 valence electrons. The number of carbonyl (C=O) groups is 2. The summed E-state index contributed by atoms with van der Waals surface area (Å²) in [4.78, 5) is 35.7. The van der Waals surface area contributed by atoms with Gasteiger partial charge in [-0.05, 0) is 24.8 Å². The van der Waals surface area contributed by atoms with Crippen LogP contribution in [0.5, 0.6) is 0 Å². The molecule has 3 rings (SSSR count).